The summed E-state index contributed by atoms with van der Waals surface area (Å²) in [5.41, 5.74) is 5.38. The molecule has 0 aliphatic heterocycles. The van der Waals surface area contributed by atoms with Crippen LogP contribution in [0.2, 0.25) is 0 Å². The maximum absolute atomic E-state index is 12.8. The predicted molar refractivity (Wildman–Crippen MR) is 108 cm³/mol. The molecule has 4 aromatic rings. The number of rotatable bonds is 6. The lowest BCUT2D eigenvalue weighted by Crippen LogP contribution is -2.17. The van der Waals surface area contributed by atoms with Crippen molar-refractivity contribution >= 4 is 11.0 Å². The SMILES string of the molecule is FC(F)(F)c1cccc(CCNCc2ccc(-c3ccc4nc[nH]c4c3)cc2)c1. The van der Waals surface area contributed by atoms with E-state index in [1.165, 1.54) is 12.1 Å². The molecule has 0 aliphatic carbocycles. The van der Waals surface area contributed by atoms with Crippen LogP contribution in [-0.2, 0) is 19.1 Å². The molecule has 2 N–H and O–H groups in total. The quantitative estimate of drug-likeness (QED) is 0.419. The van der Waals surface area contributed by atoms with Gasteiger partial charge in [0, 0.05) is 6.54 Å². The van der Waals surface area contributed by atoms with Gasteiger partial charge in [-0.15, -0.1) is 0 Å². The fourth-order valence-electron chi connectivity index (χ4n) is 3.30. The van der Waals surface area contributed by atoms with Crippen LogP contribution in [-0.4, -0.2) is 16.5 Å². The van der Waals surface area contributed by atoms with E-state index in [1.54, 1.807) is 12.4 Å². The van der Waals surface area contributed by atoms with E-state index < -0.39 is 11.7 Å². The molecule has 0 radical (unpaired) electrons. The van der Waals surface area contributed by atoms with Gasteiger partial charge in [-0.1, -0.05) is 48.5 Å². The van der Waals surface area contributed by atoms with Crippen molar-refractivity contribution in [3.8, 4) is 11.1 Å². The summed E-state index contributed by atoms with van der Waals surface area (Å²) in [6.07, 6.45) is -2.07. The van der Waals surface area contributed by atoms with Crippen LogP contribution >= 0.6 is 0 Å². The fourth-order valence-corrected chi connectivity index (χ4v) is 3.30. The number of alkyl halides is 3. The average molecular weight is 395 g/mol. The lowest BCUT2D eigenvalue weighted by molar-refractivity contribution is -0.137. The Kier molecular flexibility index (Phi) is 5.36. The van der Waals surface area contributed by atoms with Gasteiger partial charge in [0.2, 0.25) is 0 Å². The molecule has 0 aliphatic rings. The third-order valence-corrected chi connectivity index (χ3v) is 4.88. The minimum absolute atomic E-state index is 0.548. The van der Waals surface area contributed by atoms with Gasteiger partial charge < -0.3 is 10.3 Å². The summed E-state index contributed by atoms with van der Waals surface area (Å²) in [6.45, 7) is 1.28. The van der Waals surface area contributed by atoms with Gasteiger partial charge in [0.15, 0.2) is 0 Å². The Hall–Kier alpha value is -3.12. The standard InChI is InChI=1S/C23H20F3N3/c24-23(25,26)20-3-1-2-16(12-20)10-11-27-14-17-4-6-18(7-5-17)19-8-9-21-22(13-19)29-15-28-21/h1-9,12-13,15,27H,10-11,14H2,(H,28,29). The van der Waals surface area contributed by atoms with Gasteiger partial charge in [-0.3, -0.25) is 0 Å². The van der Waals surface area contributed by atoms with Crippen LogP contribution in [0.3, 0.4) is 0 Å². The number of nitrogens with one attached hydrogen (secondary N) is 2. The maximum Gasteiger partial charge on any atom is 0.416 e. The molecule has 0 saturated heterocycles. The third-order valence-electron chi connectivity index (χ3n) is 4.88. The van der Waals surface area contributed by atoms with Gasteiger partial charge >= 0.3 is 6.18 Å². The van der Waals surface area contributed by atoms with E-state index >= 15 is 0 Å². The van der Waals surface area contributed by atoms with Crippen LogP contribution in [0.5, 0.6) is 0 Å². The van der Waals surface area contributed by atoms with Gasteiger partial charge in [-0.05, 0) is 53.4 Å². The van der Waals surface area contributed by atoms with Crippen molar-refractivity contribution in [2.75, 3.05) is 6.54 Å². The smallest absolute Gasteiger partial charge is 0.345 e. The van der Waals surface area contributed by atoms with E-state index in [9.17, 15) is 13.2 Å². The lowest BCUT2D eigenvalue weighted by Gasteiger charge is -2.10. The Morgan fingerprint density at radius 2 is 1.66 bits per heavy atom. The topological polar surface area (TPSA) is 40.7 Å². The molecule has 4 rings (SSSR count). The molecule has 3 nitrogen and oxygen atoms in total. The molecule has 3 aromatic carbocycles. The molecule has 0 amide bonds. The van der Waals surface area contributed by atoms with E-state index in [4.69, 9.17) is 0 Å². The number of aromatic nitrogens is 2. The monoisotopic (exact) mass is 395 g/mol. The number of halogens is 3. The Morgan fingerprint density at radius 1 is 0.862 bits per heavy atom. The average Bonchev–Trinajstić information content (AvgIpc) is 3.19. The largest absolute Gasteiger partial charge is 0.416 e. The fraction of sp³-hybridized carbons (Fsp3) is 0.174. The van der Waals surface area contributed by atoms with Crippen LogP contribution in [0.25, 0.3) is 22.2 Å². The highest BCUT2D eigenvalue weighted by Crippen LogP contribution is 2.29. The first-order chi connectivity index (χ1) is 14.0. The van der Waals surface area contributed by atoms with Crippen molar-refractivity contribution in [3.05, 3.63) is 89.7 Å². The molecule has 0 fully saturated rings. The van der Waals surface area contributed by atoms with Crippen molar-refractivity contribution in [3.63, 3.8) is 0 Å². The summed E-state index contributed by atoms with van der Waals surface area (Å²) < 4.78 is 38.3. The van der Waals surface area contributed by atoms with E-state index in [-0.39, 0.29) is 0 Å². The second-order valence-corrected chi connectivity index (χ2v) is 6.96. The van der Waals surface area contributed by atoms with Crippen LogP contribution in [0.1, 0.15) is 16.7 Å². The molecule has 0 spiro atoms. The molecule has 1 heterocycles. The molecule has 0 atom stereocenters. The zero-order valence-corrected chi connectivity index (χ0v) is 15.6. The zero-order valence-electron chi connectivity index (χ0n) is 15.6. The van der Waals surface area contributed by atoms with E-state index in [1.807, 2.05) is 12.1 Å². The van der Waals surface area contributed by atoms with E-state index in [0.717, 1.165) is 33.8 Å². The summed E-state index contributed by atoms with van der Waals surface area (Å²) in [4.78, 5) is 7.35. The van der Waals surface area contributed by atoms with E-state index in [2.05, 4.69) is 45.6 Å². The number of hydrogen-bond acceptors (Lipinski definition) is 2. The Bertz CT molecular complexity index is 1100. The number of imidazole rings is 1. The second-order valence-electron chi connectivity index (χ2n) is 6.96. The van der Waals surface area contributed by atoms with Crippen molar-refractivity contribution in [2.45, 2.75) is 19.1 Å². The first kappa shape index (κ1) is 19.2. The van der Waals surface area contributed by atoms with Gasteiger partial charge in [-0.25, -0.2) is 4.98 Å². The third kappa shape index (κ3) is 4.66. The number of aromatic amines is 1. The second kappa shape index (κ2) is 8.09. The number of hydrogen-bond donors (Lipinski definition) is 2. The van der Waals surface area contributed by atoms with Gasteiger partial charge in [-0.2, -0.15) is 13.2 Å². The number of benzene rings is 3. The van der Waals surface area contributed by atoms with Crippen LogP contribution in [0, 0.1) is 0 Å². The minimum atomic E-state index is -4.30. The highest BCUT2D eigenvalue weighted by atomic mass is 19.4. The zero-order chi connectivity index (χ0) is 20.3. The molecule has 1 aromatic heterocycles. The Morgan fingerprint density at radius 3 is 2.45 bits per heavy atom. The number of H-pyrrole nitrogens is 1. The lowest BCUT2D eigenvalue weighted by atomic mass is 10.0. The highest BCUT2D eigenvalue weighted by molar-refractivity contribution is 5.81. The van der Waals surface area contributed by atoms with Crippen molar-refractivity contribution < 1.29 is 13.2 Å². The molecule has 29 heavy (non-hydrogen) atoms. The predicted octanol–water partition coefficient (Wildman–Crippen LogP) is 5.58. The van der Waals surface area contributed by atoms with Crippen molar-refractivity contribution in [1.82, 2.24) is 15.3 Å². The molecule has 6 heteroatoms. The van der Waals surface area contributed by atoms with Crippen LogP contribution in [0.15, 0.2) is 73.1 Å². The number of nitrogens with zero attached hydrogens (tertiary/aromatic N) is 1. The molecular weight excluding hydrogens is 375 g/mol. The highest BCUT2D eigenvalue weighted by Gasteiger charge is 2.30. The normalized spacial score (nSPS) is 11.8. The van der Waals surface area contributed by atoms with Crippen molar-refractivity contribution in [1.29, 1.82) is 0 Å². The first-order valence-corrected chi connectivity index (χ1v) is 9.38. The molecule has 148 valence electrons. The summed E-state index contributed by atoms with van der Waals surface area (Å²) in [7, 11) is 0. The summed E-state index contributed by atoms with van der Waals surface area (Å²) >= 11 is 0. The van der Waals surface area contributed by atoms with Gasteiger partial charge in [0.1, 0.15) is 0 Å². The Balaban J connectivity index is 1.31. The minimum Gasteiger partial charge on any atom is -0.345 e. The molecular formula is C23H20F3N3. The Labute approximate surface area is 166 Å². The van der Waals surface area contributed by atoms with Crippen LogP contribution < -0.4 is 5.32 Å². The van der Waals surface area contributed by atoms with Crippen molar-refractivity contribution in [2.24, 2.45) is 0 Å². The number of fused-ring (bicyclic) bond motifs is 1. The molecule has 0 saturated carbocycles. The summed E-state index contributed by atoms with van der Waals surface area (Å²) in [5, 5.41) is 3.29. The summed E-state index contributed by atoms with van der Waals surface area (Å²) in [5.74, 6) is 0. The van der Waals surface area contributed by atoms with Gasteiger partial charge in [0.05, 0.1) is 22.9 Å². The van der Waals surface area contributed by atoms with E-state index in [0.29, 0.717) is 25.1 Å². The molecule has 0 bridgehead atoms. The van der Waals surface area contributed by atoms with Gasteiger partial charge in [0.25, 0.3) is 0 Å². The molecule has 0 unspecified atom stereocenters. The van der Waals surface area contributed by atoms with Crippen LogP contribution in [0.4, 0.5) is 13.2 Å². The summed E-state index contributed by atoms with van der Waals surface area (Å²) in [6, 6.07) is 19.9. The maximum atomic E-state index is 12.8. The first-order valence-electron chi connectivity index (χ1n) is 9.38.